The summed E-state index contributed by atoms with van der Waals surface area (Å²) in [5.74, 6) is 1.88. The number of rotatable bonds is 4. The second-order valence-corrected chi connectivity index (χ2v) is 14.9. The molecule has 4 nitrogen and oxygen atoms in total. The largest absolute Gasteiger partial charge is 0.455 e. The summed E-state index contributed by atoms with van der Waals surface area (Å²) < 4.78 is 11.8. The van der Waals surface area contributed by atoms with E-state index in [0.29, 0.717) is 17.5 Å². The Morgan fingerprint density at radius 1 is 0.392 bits per heavy atom. The van der Waals surface area contributed by atoms with Crippen molar-refractivity contribution >= 4 is 85.0 Å². The number of furan rings is 1. The van der Waals surface area contributed by atoms with Crippen LogP contribution in [0.3, 0.4) is 0 Å². The van der Waals surface area contributed by atoms with Gasteiger partial charge in [-0.1, -0.05) is 115 Å². The Kier molecular flexibility index (Phi) is 6.26. The minimum atomic E-state index is 0.611. The van der Waals surface area contributed by atoms with Gasteiger partial charge in [-0.25, -0.2) is 15.0 Å². The quantitative estimate of drug-likeness (QED) is 0.185. The molecule has 0 aliphatic rings. The summed E-state index contributed by atoms with van der Waals surface area (Å²) in [5, 5.41) is 7.03. The van der Waals surface area contributed by atoms with E-state index in [1.54, 1.807) is 11.3 Å². The van der Waals surface area contributed by atoms with E-state index in [-0.39, 0.29) is 0 Å². The van der Waals surface area contributed by atoms with Crippen LogP contribution in [0.15, 0.2) is 156 Å². The molecule has 0 N–H and O–H groups in total. The van der Waals surface area contributed by atoms with E-state index in [1.165, 1.54) is 45.9 Å². The monoisotopic (exact) mass is 687 g/mol. The number of benzene rings is 7. The maximum Gasteiger partial charge on any atom is 0.164 e. The van der Waals surface area contributed by atoms with Crippen molar-refractivity contribution in [1.82, 2.24) is 15.0 Å². The van der Waals surface area contributed by atoms with Gasteiger partial charge in [-0.15, -0.1) is 22.7 Å². The van der Waals surface area contributed by atoms with Crippen molar-refractivity contribution < 1.29 is 4.42 Å². The van der Waals surface area contributed by atoms with Crippen molar-refractivity contribution in [1.29, 1.82) is 0 Å². The van der Waals surface area contributed by atoms with Gasteiger partial charge < -0.3 is 4.42 Å². The van der Waals surface area contributed by atoms with E-state index in [0.717, 1.165) is 44.2 Å². The van der Waals surface area contributed by atoms with Crippen LogP contribution in [0.5, 0.6) is 0 Å². The molecule has 0 aliphatic carbocycles. The summed E-state index contributed by atoms with van der Waals surface area (Å²) in [6.07, 6.45) is 0. The highest BCUT2D eigenvalue weighted by molar-refractivity contribution is 7.26. The molecule has 4 heterocycles. The predicted molar refractivity (Wildman–Crippen MR) is 215 cm³/mol. The Morgan fingerprint density at radius 3 is 1.84 bits per heavy atom. The van der Waals surface area contributed by atoms with Crippen LogP contribution < -0.4 is 0 Å². The van der Waals surface area contributed by atoms with E-state index in [2.05, 4.69) is 109 Å². The normalized spacial score (nSPS) is 11.9. The Balaban J connectivity index is 1.14. The third kappa shape index (κ3) is 4.47. The summed E-state index contributed by atoms with van der Waals surface area (Å²) >= 11 is 3.64. The fourth-order valence-corrected chi connectivity index (χ4v) is 9.73. The predicted octanol–water partition coefficient (Wildman–Crippen LogP) is 13.2. The number of aromatic nitrogens is 3. The standard InChI is InChI=1S/C45H25N3OS2/c1-2-11-26(12-3-1)43-46-44(27-23-24-39-35(25-27)29-14-5-6-21-37(29)50-39)48-45(47-43)34-19-10-20-36-40(34)33-18-8-15-30(41(33)49-36)32-17-9-16-31-28-13-4-7-22-38(28)51-42(31)32/h1-25H. The maximum absolute atomic E-state index is 6.77. The molecule has 0 saturated heterocycles. The van der Waals surface area contributed by atoms with Crippen LogP contribution in [-0.4, -0.2) is 15.0 Å². The first kappa shape index (κ1) is 28.6. The molecule has 0 radical (unpaired) electrons. The fourth-order valence-electron chi connectivity index (χ4n) is 7.41. The van der Waals surface area contributed by atoms with Crippen molar-refractivity contribution in [3.05, 3.63) is 152 Å². The zero-order valence-corrected chi connectivity index (χ0v) is 28.6. The number of nitrogens with zero attached hydrogens (tertiary/aromatic N) is 3. The van der Waals surface area contributed by atoms with E-state index in [4.69, 9.17) is 19.4 Å². The zero-order valence-electron chi connectivity index (χ0n) is 27.0. The number of hydrogen-bond donors (Lipinski definition) is 0. The van der Waals surface area contributed by atoms with Crippen LogP contribution in [-0.2, 0) is 0 Å². The van der Waals surface area contributed by atoms with Gasteiger partial charge in [0.15, 0.2) is 17.5 Å². The van der Waals surface area contributed by atoms with Gasteiger partial charge in [-0.05, 0) is 36.4 Å². The summed E-state index contributed by atoms with van der Waals surface area (Å²) in [6.45, 7) is 0. The molecule has 0 aliphatic heterocycles. The lowest BCUT2D eigenvalue weighted by Crippen LogP contribution is -2.00. The lowest BCUT2D eigenvalue weighted by molar-refractivity contribution is 0.670. The number of hydrogen-bond acceptors (Lipinski definition) is 6. The fraction of sp³-hybridized carbons (Fsp3) is 0. The lowest BCUT2D eigenvalue weighted by Gasteiger charge is -2.09. The number of fused-ring (bicyclic) bond motifs is 9. The van der Waals surface area contributed by atoms with Crippen LogP contribution in [0.1, 0.15) is 0 Å². The van der Waals surface area contributed by atoms with E-state index in [9.17, 15) is 0 Å². The SMILES string of the molecule is c1ccc(-c2nc(-c3ccc4sc5ccccc5c4c3)nc(-c3cccc4oc5c(-c6cccc7c6sc6ccccc67)cccc5c34)n2)cc1. The minimum Gasteiger partial charge on any atom is -0.455 e. The molecule has 0 bridgehead atoms. The number of para-hydroxylation sites is 1. The molecule has 0 saturated carbocycles. The summed E-state index contributed by atoms with van der Waals surface area (Å²) in [6, 6.07) is 53.0. The van der Waals surface area contributed by atoms with Crippen LogP contribution in [0, 0.1) is 0 Å². The molecule has 51 heavy (non-hydrogen) atoms. The van der Waals surface area contributed by atoms with Crippen molar-refractivity contribution in [2.24, 2.45) is 0 Å². The highest BCUT2D eigenvalue weighted by atomic mass is 32.1. The van der Waals surface area contributed by atoms with Crippen molar-refractivity contribution in [3.63, 3.8) is 0 Å². The Hall–Kier alpha value is -6.21. The van der Waals surface area contributed by atoms with E-state index in [1.807, 2.05) is 53.8 Å². The molecule has 0 spiro atoms. The topological polar surface area (TPSA) is 51.8 Å². The van der Waals surface area contributed by atoms with Crippen LogP contribution in [0.2, 0.25) is 0 Å². The molecule has 7 aromatic carbocycles. The van der Waals surface area contributed by atoms with Gasteiger partial charge in [0.2, 0.25) is 0 Å². The van der Waals surface area contributed by atoms with E-state index < -0.39 is 0 Å². The third-order valence-corrected chi connectivity index (χ3v) is 12.1. The average molecular weight is 688 g/mol. The molecule has 0 atom stereocenters. The molecule has 4 aromatic heterocycles. The first-order valence-electron chi connectivity index (χ1n) is 16.9. The van der Waals surface area contributed by atoms with Crippen molar-refractivity contribution in [2.75, 3.05) is 0 Å². The summed E-state index contributed by atoms with van der Waals surface area (Å²) in [4.78, 5) is 15.4. The molecular weight excluding hydrogens is 663 g/mol. The molecule has 11 aromatic rings. The summed E-state index contributed by atoms with van der Waals surface area (Å²) in [7, 11) is 0. The number of thiophene rings is 2. The highest BCUT2D eigenvalue weighted by Crippen LogP contribution is 2.45. The maximum atomic E-state index is 6.77. The molecule has 6 heteroatoms. The molecular formula is C45H25N3OS2. The first-order chi connectivity index (χ1) is 25.3. The van der Waals surface area contributed by atoms with Crippen LogP contribution >= 0.6 is 22.7 Å². The molecule has 0 fully saturated rings. The molecule has 238 valence electrons. The second-order valence-electron chi connectivity index (χ2n) is 12.7. The van der Waals surface area contributed by atoms with Gasteiger partial charge in [0.05, 0.1) is 0 Å². The summed E-state index contributed by atoms with van der Waals surface area (Å²) in [5.41, 5.74) is 6.70. The smallest absolute Gasteiger partial charge is 0.164 e. The van der Waals surface area contributed by atoms with Gasteiger partial charge in [-0.3, -0.25) is 0 Å². The third-order valence-electron chi connectivity index (χ3n) is 9.76. The van der Waals surface area contributed by atoms with Gasteiger partial charge >= 0.3 is 0 Å². The molecule has 0 unspecified atom stereocenters. The first-order valence-corrected chi connectivity index (χ1v) is 18.5. The highest BCUT2D eigenvalue weighted by Gasteiger charge is 2.21. The zero-order chi connectivity index (χ0) is 33.5. The minimum absolute atomic E-state index is 0.611. The van der Waals surface area contributed by atoms with E-state index >= 15 is 0 Å². The second kappa shape index (κ2) is 11.2. The van der Waals surface area contributed by atoms with Gasteiger partial charge in [0.25, 0.3) is 0 Å². The molecule has 11 rings (SSSR count). The molecule has 0 amide bonds. The Bertz CT molecular complexity index is 3160. The Morgan fingerprint density at radius 2 is 1.00 bits per heavy atom. The van der Waals surface area contributed by atoms with Crippen LogP contribution in [0.25, 0.3) is 108 Å². The Labute approximate surface area is 299 Å². The van der Waals surface area contributed by atoms with Gasteiger partial charge in [0, 0.05) is 78.9 Å². The van der Waals surface area contributed by atoms with Gasteiger partial charge in [-0.2, -0.15) is 0 Å². The van der Waals surface area contributed by atoms with Crippen molar-refractivity contribution in [3.8, 4) is 45.3 Å². The van der Waals surface area contributed by atoms with Crippen LogP contribution in [0.4, 0.5) is 0 Å². The van der Waals surface area contributed by atoms with Crippen molar-refractivity contribution in [2.45, 2.75) is 0 Å². The average Bonchev–Trinajstić information content (AvgIpc) is 3.89. The van der Waals surface area contributed by atoms with Gasteiger partial charge in [0.1, 0.15) is 11.2 Å². The lowest BCUT2D eigenvalue weighted by atomic mass is 9.99.